The van der Waals surface area contributed by atoms with Crippen LogP contribution in [-0.4, -0.2) is 30.4 Å². The number of carbonyl (C=O) groups is 1. The maximum Gasteiger partial charge on any atom is 0.219 e. The van der Waals surface area contributed by atoms with Crippen LogP contribution in [0.25, 0.3) is 0 Å². The summed E-state index contributed by atoms with van der Waals surface area (Å²) in [6, 6.07) is 0. The van der Waals surface area contributed by atoms with Gasteiger partial charge in [-0.05, 0) is 18.4 Å². The van der Waals surface area contributed by atoms with Crippen LogP contribution in [0.1, 0.15) is 20.3 Å². The average Bonchev–Trinajstić information content (AvgIpc) is 1.94. The molecular formula is C9H18N2O. The lowest BCUT2D eigenvalue weighted by molar-refractivity contribution is -0.136. The second kappa shape index (κ2) is 3.90. The third kappa shape index (κ3) is 1.78. The number of hydrogen-bond acceptors (Lipinski definition) is 2. The summed E-state index contributed by atoms with van der Waals surface area (Å²) in [6.45, 7) is 6.39. The molecule has 0 aromatic carbocycles. The first-order valence-electron chi connectivity index (χ1n) is 4.64. The van der Waals surface area contributed by atoms with Gasteiger partial charge in [0.1, 0.15) is 0 Å². The van der Waals surface area contributed by atoms with Crippen LogP contribution in [0.5, 0.6) is 0 Å². The van der Waals surface area contributed by atoms with Crippen LogP contribution in [-0.2, 0) is 4.79 Å². The van der Waals surface area contributed by atoms with Gasteiger partial charge in [0.2, 0.25) is 5.91 Å². The number of likely N-dealkylation sites (tertiary alicyclic amines) is 1. The minimum atomic E-state index is 0.193. The summed E-state index contributed by atoms with van der Waals surface area (Å²) in [5, 5.41) is 0. The maximum absolute atomic E-state index is 10.9. The largest absolute Gasteiger partial charge is 0.342 e. The van der Waals surface area contributed by atoms with Gasteiger partial charge in [-0.2, -0.15) is 0 Å². The molecule has 0 aromatic heterocycles. The van der Waals surface area contributed by atoms with E-state index in [1.54, 1.807) is 6.92 Å². The first-order valence-corrected chi connectivity index (χ1v) is 4.64. The fourth-order valence-corrected chi connectivity index (χ4v) is 1.76. The number of nitrogens with two attached hydrogens (primary N) is 1. The van der Waals surface area contributed by atoms with Crippen molar-refractivity contribution in [2.45, 2.75) is 20.3 Å². The number of amides is 1. The van der Waals surface area contributed by atoms with Crippen LogP contribution in [0.15, 0.2) is 0 Å². The van der Waals surface area contributed by atoms with Gasteiger partial charge in [0.25, 0.3) is 0 Å². The van der Waals surface area contributed by atoms with E-state index in [0.29, 0.717) is 11.8 Å². The Morgan fingerprint density at radius 3 is 2.58 bits per heavy atom. The molecule has 2 N–H and O–H groups in total. The van der Waals surface area contributed by atoms with Gasteiger partial charge in [0.15, 0.2) is 0 Å². The normalized spacial score (nSPS) is 20.4. The summed E-state index contributed by atoms with van der Waals surface area (Å²) in [5.74, 6) is 1.46. The molecule has 0 aliphatic carbocycles. The highest BCUT2D eigenvalue weighted by Crippen LogP contribution is 2.25. The lowest BCUT2D eigenvalue weighted by Gasteiger charge is -2.42. The Labute approximate surface area is 73.9 Å². The molecule has 1 atom stereocenters. The van der Waals surface area contributed by atoms with Gasteiger partial charge in [-0.1, -0.05) is 13.3 Å². The smallest absolute Gasteiger partial charge is 0.219 e. The SMILES string of the molecule is CCC(CN)C1CN(C(C)=O)C1. The topological polar surface area (TPSA) is 46.3 Å². The summed E-state index contributed by atoms with van der Waals surface area (Å²) < 4.78 is 0. The molecular weight excluding hydrogens is 152 g/mol. The Morgan fingerprint density at radius 2 is 2.25 bits per heavy atom. The molecule has 1 unspecified atom stereocenters. The molecule has 0 radical (unpaired) electrons. The highest BCUT2D eigenvalue weighted by molar-refractivity contribution is 5.74. The van der Waals surface area contributed by atoms with Gasteiger partial charge < -0.3 is 10.6 Å². The van der Waals surface area contributed by atoms with Crippen LogP contribution in [0.2, 0.25) is 0 Å². The van der Waals surface area contributed by atoms with Crippen molar-refractivity contribution < 1.29 is 4.79 Å². The fourth-order valence-electron chi connectivity index (χ4n) is 1.76. The molecule has 1 fully saturated rings. The standard InChI is InChI=1S/C9H18N2O/c1-3-8(4-10)9-5-11(6-9)7(2)12/h8-9H,3-6,10H2,1-2H3. The lowest BCUT2D eigenvalue weighted by Crippen LogP contribution is -2.53. The molecule has 1 amide bonds. The van der Waals surface area contributed by atoms with Gasteiger partial charge >= 0.3 is 0 Å². The Bertz CT molecular complexity index is 160. The summed E-state index contributed by atoms with van der Waals surface area (Å²) in [5.41, 5.74) is 5.61. The van der Waals surface area contributed by atoms with Crippen molar-refractivity contribution in [2.75, 3.05) is 19.6 Å². The van der Waals surface area contributed by atoms with E-state index in [0.717, 1.165) is 26.1 Å². The maximum atomic E-state index is 10.9. The molecule has 1 aliphatic rings. The zero-order valence-electron chi connectivity index (χ0n) is 7.92. The number of hydrogen-bond donors (Lipinski definition) is 1. The van der Waals surface area contributed by atoms with Gasteiger partial charge in [-0.25, -0.2) is 0 Å². The Kier molecular flexibility index (Phi) is 3.09. The number of rotatable bonds is 3. The van der Waals surface area contributed by atoms with Crippen molar-refractivity contribution in [3.05, 3.63) is 0 Å². The monoisotopic (exact) mass is 170 g/mol. The average molecular weight is 170 g/mol. The van der Waals surface area contributed by atoms with Gasteiger partial charge in [-0.15, -0.1) is 0 Å². The second-order valence-electron chi connectivity index (χ2n) is 3.59. The van der Waals surface area contributed by atoms with E-state index in [9.17, 15) is 4.79 Å². The summed E-state index contributed by atoms with van der Waals surface area (Å²) in [6.07, 6.45) is 1.13. The van der Waals surface area contributed by atoms with Crippen LogP contribution in [0, 0.1) is 11.8 Å². The Hall–Kier alpha value is -0.570. The molecule has 3 nitrogen and oxygen atoms in total. The predicted octanol–water partition coefficient (Wildman–Crippen LogP) is 0.450. The zero-order chi connectivity index (χ0) is 9.14. The third-order valence-corrected chi connectivity index (χ3v) is 2.85. The second-order valence-corrected chi connectivity index (χ2v) is 3.59. The molecule has 1 saturated heterocycles. The van der Waals surface area contributed by atoms with Gasteiger partial charge in [0, 0.05) is 20.0 Å². The minimum Gasteiger partial charge on any atom is -0.342 e. The van der Waals surface area contributed by atoms with Crippen molar-refractivity contribution in [1.82, 2.24) is 4.90 Å². The molecule has 1 heterocycles. The Balaban J connectivity index is 2.28. The first kappa shape index (κ1) is 9.52. The fraction of sp³-hybridized carbons (Fsp3) is 0.889. The number of nitrogens with zero attached hydrogens (tertiary/aromatic N) is 1. The highest BCUT2D eigenvalue weighted by Gasteiger charge is 2.32. The van der Waals surface area contributed by atoms with Gasteiger partial charge in [0.05, 0.1) is 0 Å². The van der Waals surface area contributed by atoms with Crippen LogP contribution < -0.4 is 5.73 Å². The van der Waals surface area contributed by atoms with Crippen LogP contribution in [0.4, 0.5) is 0 Å². The van der Waals surface area contributed by atoms with Gasteiger partial charge in [-0.3, -0.25) is 4.79 Å². The van der Waals surface area contributed by atoms with Crippen molar-refractivity contribution in [3.8, 4) is 0 Å². The molecule has 0 saturated carbocycles. The zero-order valence-corrected chi connectivity index (χ0v) is 7.92. The van der Waals surface area contributed by atoms with Crippen LogP contribution in [0.3, 0.4) is 0 Å². The van der Waals surface area contributed by atoms with E-state index in [4.69, 9.17) is 5.73 Å². The molecule has 1 rings (SSSR count). The van der Waals surface area contributed by atoms with Crippen molar-refractivity contribution in [1.29, 1.82) is 0 Å². The van der Waals surface area contributed by atoms with E-state index in [1.807, 2.05) is 4.90 Å². The Morgan fingerprint density at radius 1 is 1.67 bits per heavy atom. The number of carbonyl (C=O) groups excluding carboxylic acids is 1. The highest BCUT2D eigenvalue weighted by atomic mass is 16.2. The summed E-state index contributed by atoms with van der Waals surface area (Å²) in [4.78, 5) is 12.7. The van der Waals surface area contributed by atoms with E-state index in [2.05, 4.69) is 6.92 Å². The quantitative estimate of drug-likeness (QED) is 0.668. The summed E-state index contributed by atoms with van der Waals surface area (Å²) in [7, 11) is 0. The van der Waals surface area contributed by atoms with E-state index in [1.165, 1.54) is 0 Å². The molecule has 0 bridgehead atoms. The van der Waals surface area contributed by atoms with E-state index >= 15 is 0 Å². The van der Waals surface area contributed by atoms with Crippen molar-refractivity contribution in [2.24, 2.45) is 17.6 Å². The third-order valence-electron chi connectivity index (χ3n) is 2.85. The predicted molar refractivity (Wildman–Crippen MR) is 48.6 cm³/mol. The lowest BCUT2D eigenvalue weighted by atomic mass is 9.84. The summed E-state index contributed by atoms with van der Waals surface area (Å²) >= 11 is 0. The van der Waals surface area contributed by atoms with E-state index < -0.39 is 0 Å². The molecule has 1 aliphatic heterocycles. The molecule has 0 spiro atoms. The molecule has 3 heteroatoms. The van der Waals surface area contributed by atoms with Crippen molar-refractivity contribution >= 4 is 5.91 Å². The van der Waals surface area contributed by atoms with Crippen molar-refractivity contribution in [3.63, 3.8) is 0 Å². The molecule has 0 aromatic rings. The van der Waals surface area contributed by atoms with E-state index in [-0.39, 0.29) is 5.91 Å². The minimum absolute atomic E-state index is 0.193. The first-order chi connectivity index (χ1) is 5.69. The molecule has 12 heavy (non-hydrogen) atoms. The van der Waals surface area contributed by atoms with Crippen LogP contribution >= 0.6 is 0 Å². The molecule has 70 valence electrons.